The summed E-state index contributed by atoms with van der Waals surface area (Å²) >= 11 is 1.65. The number of thiophene rings is 1. The zero-order valence-electron chi connectivity index (χ0n) is 15.4. The number of nitrogens with one attached hydrogen (secondary N) is 2. The molecule has 7 nitrogen and oxygen atoms in total. The molecule has 0 bridgehead atoms. The molecule has 2 N–H and O–H groups in total. The molecule has 2 aromatic rings. The number of amides is 2. The first-order valence-electron chi connectivity index (χ1n) is 8.82. The van der Waals surface area contributed by atoms with Crippen LogP contribution in [0.15, 0.2) is 22.9 Å². The highest BCUT2D eigenvalue weighted by Crippen LogP contribution is 2.22. The van der Waals surface area contributed by atoms with Gasteiger partial charge in [0.05, 0.1) is 11.7 Å². The SMILES string of the molecule is CCNC(=O)C1CC(NC(=O)c2cc(C)nn2C)CN1Cc1ccsc1. The van der Waals surface area contributed by atoms with Crippen LogP contribution < -0.4 is 10.6 Å². The molecule has 2 atom stereocenters. The van der Waals surface area contributed by atoms with E-state index < -0.39 is 0 Å². The third kappa shape index (κ3) is 4.13. The van der Waals surface area contributed by atoms with Crippen LogP contribution >= 0.6 is 11.3 Å². The van der Waals surface area contributed by atoms with Gasteiger partial charge in [-0.25, -0.2) is 0 Å². The zero-order chi connectivity index (χ0) is 18.7. The molecule has 3 rings (SSSR count). The van der Waals surface area contributed by atoms with Crippen molar-refractivity contribution >= 4 is 23.2 Å². The molecular formula is C18H25N5O2S. The van der Waals surface area contributed by atoms with Crippen molar-refractivity contribution in [1.82, 2.24) is 25.3 Å². The van der Waals surface area contributed by atoms with Crippen molar-refractivity contribution in [3.8, 4) is 0 Å². The van der Waals surface area contributed by atoms with E-state index in [1.54, 1.807) is 29.1 Å². The predicted octanol–water partition coefficient (Wildman–Crippen LogP) is 1.30. The summed E-state index contributed by atoms with van der Waals surface area (Å²) in [6.45, 7) is 5.75. The number of aromatic nitrogens is 2. The molecule has 0 radical (unpaired) electrons. The van der Waals surface area contributed by atoms with E-state index in [0.29, 0.717) is 31.7 Å². The molecule has 2 aromatic heterocycles. The number of rotatable bonds is 6. The Morgan fingerprint density at radius 2 is 2.23 bits per heavy atom. The van der Waals surface area contributed by atoms with Gasteiger partial charge in [-0.3, -0.25) is 19.2 Å². The molecule has 1 saturated heterocycles. The van der Waals surface area contributed by atoms with Gasteiger partial charge in [0.2, 0.25) is 5.91 Å². The van der Waals surface area contributed by atoms with Crippen molar-refractivity contribution in [2.45, 2.75) is 38.9 Å². The lowest BCUT2D eigenvalue weighted by atomic mass is 10.1. The number of likely N-dealkylation sites (N-methyl/N-ethyl adjacent to an activating group) is 1. The van der Waals surface area contributed by atoms with Gasteiger partial charge in [0.1, 0.15) is 5.69 Å². The second-order valence-electron chi connectivity index (χ2n) is 6.67. The van der Waals surface area contributed by atoms with Gasteiger partial charge >= 0.3 is 0 Å². The number of aryl methyl sites for hydroxylation is 2. The summed E-state index contributed by atoms with van der Waals surface area (Å²) in [5, 5.41) is 14.3. The second-order valence-corrected chi connectivity index (χ2v) is 7.45. The van der Waals surface area contributed by atoms with Gasteiger partial charge in [-0.1, -0.05) is 0 Å². The monoisotopic (exact) mass is 375 g/mol. The number of carbonyl (C=O) groups is 2. The smallest absolute Gasteiger partial charge is 0.269 e. The Bertz CT molecular complexity index is 771. The Hall–Kier alpha value is -2.19. The molecule has 0 aromatic carbocycles. The summed E-state index contributed by atoms with van der Waals surface area (Å²) in [7, 11) is 1.76. The molecule has 0 spiro atoms. The molecule has 1 fully saturated rings. The van der Waals surface area contributed by atoms with Crippen molar-refractivity contribution in [3.63, 3.8) is 0 Å². The standard InChI is InChI=1S/C18H25N5O2S/c1-4-19-17(24)16-8-14(10-23(16)9-13-5-6-26-11-13)20-18(25)15-7-12(2)21-22(15)3/h5-7,11,14,16H,4,8-10H2,1-3H3,(H,19,24)(H,20,25). The van der Waals surface area contributed by atoms with Gasteiger partial charge in [-0.05, 0) is 48.7 Å². The molecule has 0 aliphatic carbocycles. The van der Waals surface area contributed by atoms with Crippen LogP contribution in [0, 0.1) is 6.92 Å². The lowest BCUT2D eigenvalue weighted by molar-refractivity contribution is -0.125. The maximum Gasteiger partial charge on any atom is 0.269 e. The van der Waals surface area contributed by atoms with Crippen LogP contribution in [0.5, 0.6) is 0 Å². The summed E-state index contributed by atoms with van der Waals surface area (Å²) in [4.78, 5) is 27.2. The van der Waals surface area contributed by atoms with Crippen LogP contribution in [-0.2, 0) is 18.4 Å². The van der Waals surface area contributed by atoms with E-state index >= 15 is 0 Å². The Kier molecular flexibility index (Phi) is 5.73. The summed E-state index contributed by atoms with van der Waals surface area (Å²) in [6, 6.07) is 3.55. The fourth-order valence-corrected chi connectivity index (χ4v) is 4.11. The summed E-state index contributed by atoms with van der Waals surface area (Å²) in [5.74, 6) is -0.124. The van der Waals surface area contributed by atoms with Gasteiger partial charge in [-0.2, -0.15) is 16.4 Å². The quantitative estimate of drug-likeness (QED) is 0.798. The zero-order valence-corrected chi connectivity index (χ0v) is 16.2. The van der Waals surface area contributed by atoms with Crippen LogP contribution in [0.4, 0.5) is 0 Å². The molecule has 0 saturated carbocycles. The highest BCUT2D eigenvalue weighted by Gasteiger charge is 2.37. The second kappa shape index (κ2) is 8.01. The number of nitrogens with zero attached hydrogens (tertiary/aromatic N) is 3. The van der Waals surface area contributed by atoms with Crippen molar-refractivity contribution in [3.05, 3.63) is 39.8 Å². The topological polar surface area (TPSA) is 79.3 Å². The first kappa shape index (κ1) is 18.6. The fourth-order valence-electron chi connectivity index (χ4n) is 3.45. The average molecular weight is 375 g/mol. The molecule has 1 aliphatic heterocycles. The van der Waals surface area contributed by atoms with Crippen molar-refractivity contribution < 1.29 is 9.59 Å². The molecule has 26 heavy (non-hydrogen) atoms. The number of hydrogen-bond acceptors (Lipinski definition) is 5. The van der Waals surface area contributed by atoms with Gasteiger partial charge < -0.3 is 10.6 Å². The van der Waals surface area contributed by atoms with Crippen molar-refractivity contribution in [2.24, 2.45) is 7.05 Å². The van der Waals surface area contributed by atoms with Gasteiger partial charge in [0.15, 0.2) is 0 Å². The third-order valence-corrected chi connectivity index (χ3v) is 5.32. The van der Waals surface area contributed by atoms with Crippen LogP contribution in [0.2, 0.25) is 0 Å². The maximum atomic E-state index is 12.6. The molecule has 3 heterocycles. The average Bonchev–Trinajstić information content (AvgIpc) is 3.29. The third-order valence-electron chi connectivity index (χ3n) is 4.59. The van der Waals surface area contributed by atoms with Crippen LogP contribution in [0.1, 0.15) is 35.1 Å². The largest absolute Gasteiger partial charge is 0.355 e. The first-order valence-corrected chi connectivity index (χ1v) is 9.76. The van der Waals surface area contributed by atoms with Crippen LogP contribution in [0.3, 0.4) is 0 Å². The van der Waals surface area contributed by atoms with E-state index in [2.05, 4.69) is 32.1 Å². The normalized spacial score (nSPS) is 20.3. The minimum absolute atomic E-state index is 0.0239. The molecule has 8 heteroatoms. The fraction of sp³-hybridized carbons (Fsp3) is 0.500. The highest BCUT2D eigenvalue weighted by atomic mass is 32.1. The Balaban J connectivity index is 1.69. The molecular weight excluding hydrogens is 350 g/mol. The van der Waals surface area contributed by atoms with Gasteiger partial charge in [-0.15, -0.1) is 0 Å². The van der Waals surface area contributed by atoms with E-state index in [1.165, 1.54) is 5.56 Å². The molecule has 2 amide bonds. The van der Waals surface area contributed by atoms with E-state index in [9.17, 15) is 9.59 Å². The van der Waals surface area contributed by atoms with Crippen molar-refractivity contribution in [2.75, 3.05) is 13.1 Å². The van der Waals surface area contributed by atoms with Gasteiger partial charge in [0.25, 0.3) is 5.91 Å². The Labute approximate surface area is 157 Å². The number of carbonyl (C=O) groups excluding carboxylic acids is 2. The van der Waals surface area contributed by atoms with Crippen LogP contribution in [-0.4, -0.2) is 51.7 Å². The predicted molar refractivity (Wildman–Crippen MR) is 101 cm³/mol. The summed E-state index contributed by atoms with van der Waals surface area (Å²) < 4.78 is 1.59. The van der Waals surface area contributed by atoms with Gasteiger partial charge in [0, 0.05) is 32.7 Å². The first-order chi connectivity index (χ1) is 12.5. The van der Waals surface area contributed by atoms with E-state index in [1.807, 2.05) is 19.2 Å². The minimum Gasteiger partial charge on any atom is -0.355 e. The van der Waals surface area contributed by atoms with E-state index in [4.69, 9.17) is 0 Å². The Morgan fingerprint density at radius 3 is 2.85 bits per heavy atom. The van der Waals surface area contributed by atoms with Crippen molar-refractivity contribution in [1.29, 1.82) is 0 Å². The summed E-state index contributed by atoms with van der Waals surface area (Å²) in [5.41, 5.74) is 2.54. The summed E-state index contributed by atoms with van der Waals surface area (Å²) in [6.07, 6.45) is 0.610. The molecule has 140 valence electrons. The maximum absolute atomic E-state index is 12.6. The van der Waals surface area contributed by atoms with E-state index in [0.717, 1.165) is 5.69 Å². The minimum atomic E-state index is -0.228. The molecule has 2 unspecified atom stereocenters. The highest BCUT2D eigenvalue weighted by molar-refractivity contribution is 7.07. The number of hydrogen-bond donors (Lipinski definition) is 2. The van der Waals surface area contributed by atoms with Crippen LogP contribution in [0.25, 0.3) is 0 Å². The lowest BCUT2D eigenvalue weighted by Gasteiger charge is -2.22. The van der Waals surface area contributed by atoms with E-state index in [-0.39, 0.29) is 23.9 Å². The number of likely N-dealkylation sites (tertiary alicyclic amines) is 1. The lowest BCUT2D eigenvalue weighted by Crippen LogP contribution is -2.42. The molecule has 1 aliphatic rings. The Morgan fingerprint density at radius 1 is 1.42 bits per heavy atom.